The van der Waals surface area contributed by atoms with Crippen LogP contribution in [0.4, 0.5) is 0 Å². The summed E-state index contributed by atoms with van der Waals surface area (Å²) in [4.78, 5) is 0. The Kier molecular flexibility index (Phi) is 3.67. The van der Waals surface area contributed by atoms with E-state index in [1.807, 2.05) is 60.7 Å². The Balaban J connectivity index is 2.04. The van der Waals surface area contributed by atoms with Gasteiger partial charge in [-0.15, -0.1) is 0 Å². The first-order valence-electron chi connectivity index (χ1n) is 6.29. The van der Waals surface area contributed by atoms with E-state index in [1.165, 1.54) is 0 Å². The highest BCUT2D eigenvalue weighted by Crippen LogP contribution is 2.29. The highest BCUT2D eigenvalue weighted by atomic mass is 79.9. The number of halogens is 1. The van der Waals surface area contributed by atoms with Crippen molar-refractivity contribution in [2.24, 2.45) is 0 Å². The van der Waals surface area contributed by atoms with Crippen LogP contribution in [-0.2, 0) is 0 Å². The van der Waals surface area contributed by atoms with Gasteiger partial charge < -0.3 is 5.11 Å². The second-order valence-electron chi connectivity index (χ2n) is 4.43. The van der Waals surface area contributed by atoms with Crippen LogP contribution in [0.25, 0.3) is 5.69 Å². The van der Waals surface area contributed by atoms with Gasteiger partial charge >= 0.3 is 0 Å². The van der Waals surface area contributed by atoms with Crippen molar-refractivity contribution in [2.45, 2.75) is 6.10 Å². The molecule has 0 aliphatic heterocycles. The highest BCUT2D eigenvalue weighted by Gasteiger charge is 2.18. The van der Waals surface area contributed by atoms with E-state index < -0.39 is 6.10 Å². The molecular weight excluding hydrogens is 316 g/mol. The van der Waals surface area contributed by atoms with Crippen LogP contribution in [0.5, 0.6) is 0 Å². The molecule has 3 aromatic rings. The van der Waals surface area contributed by atoms with Gasteiger partial charge in [-0.1, -0.05) is 52.3 Å². The topological polar surface area (TPSA) is 38.1 Å². The van der Waals surface area contributed by atoms with Crippen molar-refractivity contribution in [1.29, 1.82) is 0 Å². The summed E-state index contributed by atoms with van der Waals surface area (Å²) in [6.07, 6.45) is 0.968. The Morgan fingerprint density at radius 3 is 2.40 bits per heavy atom. The highest BCUT2D eigenvalue weighted by molar-refractivity contribution is 9.10. The summed E-state index contributed by atoms with van der Waals surface area (Å²) in [5.74, 6) is 0. The molecule has 3 nitrogen and oxygen atoms in total. The molecular formula is C16H13BrN2O. The van der Waals surface area contributed by atoms with E-state index in [1.54, 1.807) is 10.9 Å². The average molecular weight is 329 g/mol. The van der Waals surface area contributed by atoms with Crippen LogP contribution in [0, 0.1) is 0 Å². The number of benzene rings is 2. The molecule has 0 bridgehead atoms. The number of aromatic nitrogens is 2. The van der Waals surface area contributed by atoms with Crippen molar-refractivity contribution in [3.05, 3.63) is 82.6 Å². The maximum absolute atomic E-state index is 10.6. The number of hydrogen-bond donors (Lipinski definition) is 1. The molecule has 3 rings (SSSR count). The molecule has 0 aliphatic rings. The summed E-state index contributed by atoms with van der Waals surface area (Å²) in [6, 6.07) is 19.3. The Morgan fingerprint density at radius 2 is 1.65 bits per heavy atom. The van der Waals surface area contributed by atoms with E-state index in [9.17, 15) is 5.11 Å². The lowest BCUT2D eigenvalue weighted by Crippen LogP contribution is -2.09. The number of aliphatic hydroxyl groups is 1. The van der Waals surface area contributed by atoms with Crippen molar-refractivity contribution in [3.8, 4) is 5.69 Å². The molecule has 0 fully saturated rings. The van der Waals surface area contributed by atoms with Crippen LogP contribution < -0.4 is 0 Å². The molecule has 0 radical (unpaired) electrons. The third-order valence-electron chi connectivity index (χ3n) is 3.15. The van der Waals surface area contributed by atoms with Gasteiger partial charge in [0.05, 0.1) is 11.4 Å². The zero-order chi connectivity index (χ0) is 13.9. The molecule has 20 heavy (non-hydrogen) atoms. The number of rotatable bonds is 3. The fourth-order valence-electron chi connectivity index (χ4n) is 2.16. The minimum absolute atomic E-state index is 0.728. The Labute approximate surface area is 125 Å². The molecule has 0 spiro atoms. The third-order valence-corrected chi connectivity index (χ3v) is 3.87. The maximum atomic E-state index is 10.6. The molecule has 2 aromatic carbocycles. The smallest absolute Gasteiger partial charge is 0.122 e. The number of aliphatic hydroxyl groups excluding tert-OH is 1. The van der Waals surface area contributed by atoms with Gasteiger partial charge in [0, 0.05) is 16.2 Å². The van der Waals surface area contributed by atoms with E-state index in [4.69, 9.17) is 0 Å². The lowest BCUT2D eigenvalue weighted by molar-refractivity contribution is 0.211. The van der Waals surface area contributed by atoms with Crippen LogP contribution >= 0.6 is 15.9 Å². The van der Waals surface area contributed by atoms with Gasteiger partial charge in [-0.2, -0.15) is 5.10 Å². The quantitative estimate of drug-likeness (QED) is 0.795. The third kappa shape index (κ3) is 2.40. The summed E-state index contributed by atoms with van der Waals surface area (Å²) < 4.78 is 2.64. The van der Waals surface area contributed by atoms with Crippen molar-refractivity contribution < 1.29 is 5.11 Å². The molecule has 1 aromatic heterocycles. The maximum Gasteiger partial charge on any atom is 0.122 e. The minimum Gasteiger partial charge on any atom is -0.382 e. The Morgan fingerprint density at radius 1 is 0.950 bits per heavy atom. The van der Waals surface area contributed by atoms with Gasteiger partial charge in [-0.3, -0.25) is 0 Å². The first kappa shape index (κ1) is 13.1. The fraction of sp³-hybridized carbons (Fsp3) is 0.0625. The normalized spacial score (nSPS) is 12.3. The van der Waals surface area contributed by atoms with Crippen molar-refractivity contribution in [3.63, 3.8) is 0 Å². The molecule has 1 heterocycles. The standard InChI is InChI=1S/C16H13BrN2O/c17-14-9-5-4-8-13(14)16(20)15-10-11-18-19(15)12-6-2-1-3-7-12/h1-11,16,20H. The number of nitrogens with zero attached hydrogens (tertiary/aromatic N) is 2. The van der Waals surface area contributed by atoms with E-state index >= 15 is 0 Å². The molecule has 0 amide bonds. The SMILES string of the molecule is OC(c1ccccc1Br)c1ccnn1-c1ccccc1. The van der Waals surface area contributed by atoms with Gasteiger partial charge in [-0.05, 0) is 24.3 Å². The molecule has 1 atom stereocenters. The lowest BCUT2D eigenvalue weighted by Gasteiger charge is -2.15. The molecule has 0 saturated heterocycles. The Hall–Kier alpha value is -1.91. The second-order valence-corrected chi connectivity index (χ2v) is 5.28. The summed E-state index contributed by atoms with van der Waals surface area (Å²) in [5.41, 5.74) is 2.49. The van der Waals surface area contributed by atoms with Gasteiger partial charge in [0.2, 0.25) is 0 Å². The zero-order valence-electron chi connectivity index (χ0n) is 10.6. The van der Waals surface area contributed by atoms with E-state index in [2.05, 4.69) is 21.0 Å². The first-order valence-corrected chi connectivity index (χ1v) is 7.08. The van der Waals surface area contributed by atoms with E-state index in [0.29, 0.717) is 0 Å². The van der Waals surface area contributed by atoms with Crippen molar-refractivity contribution in [2.75, 3.05) is 0 Å². The van der Waals surface area contributed by atoms with Gasteiger partial charge in [-0.25, -0.2) is 4.68 Å². The summed E-state index contributed by atoms with van der Waals surface area (Å²) in [7, 11) is 0. The van der Waals surface area contributed by atoms with Crippen LogP contribution in [-0.4, -0.2) is 14.9 Å². The Bertz CT molecular complexity index is 709. The first-order chi connectivity index (χ1) is 9.77. The van der Waals surface area contributed by atoms with Gasteiger partial charge in [0.1, 0.15) is 6.10 Å². The molecule has 0 saturated carbocycles. The number of hydrogen-bond acceptors (Lipinski definition) is 2. The second kappa shape index (κ2) is 5.61. The van der Waals surface area contributed by atoms with Gasteiger partial charge in [0.15, 0.2) is 0 Å². The van der Waals surface area contributed by atoms with Gasteiger partial charge in [0.25, 0.3) is 0 Å². The van der Waals surface area contributed by atoms with Crippen LogP contribution in [0.15, 0.2) is 71.3 Å². The van der Waals surface area contributed by atoms with Crippen molar-refractivity contribution >= 4 is 15.9 Å². The monoisotopic (exact) mass is 328 g/mol. The lowest BCUT2D eigenvalue weighted by atomic mass is 10.1. The van der Waals surface area contributed by atoms with Crippen LogP contribution in [0.3, 0.4) is 0 Å². The molecule has 100 valence electrons. The predicted molar refractivity (Wildman–Crippen MR) is 81.8 cm³/mol. The van der Waals surface area contributed by atoms with Crippen LogP contribution in [0.1, 0.15) is 17.4 Å². The summed E-state index contributed by atoms with van der Waals surface area (Å²) >= 11 is 3.47. The average Bonchev–Trinajstić information content (AvgIpc) is 2.97. The summed E-state index contributed by atoms with van der Waals surface area (Å²) in [5, 5.41) is 14.9. The zero-order valence-corrected chi connectivity index (χ0v) is 12.2. The summed E-state index contributed by atoms with van der Waals surface area (Å²) in [6.45, 7) is 0. The van der Waals surface area contributed by atoms with Crippen LogP contribution in [0.2, 0.25) is 0 Å². The van der Waals surface area contributed by atoms with Crippen molar-refractivity contribution in [1.82, 2.24) is 9.78 Å². The molecule has 1 unspecified atom stereocenters. The molecule has 4 heteroatoms. The van der Waals surface area contributed by atoms with E-state index in [-0.39, 0.29) is 0 Å². The molecule has 1 N–H and O–H groups in total. The fourth-order valence-corrected chi connectivity index (χ4v) is 2.66. The largest absolute Gasteiger partial charge is 0.382 e. The predicted octanol–water partition coefficient (Wildman–Crippen LogP) is 3.72. The van der Waals surface area contributed by atoms with E-state index in [0.717, 1.165) is 21.4 Å². The molecule has 0 aliphatic carbocycles. The minimum atomic E-state index is -0.728. The number of para-hydroxylation sites is 1.